The van der Waals surface area contributed by atoms with Crippen LogP contribution in [-0.2, 0) is 9.59 Å². The topological polar surface area (TPSA) is 79.0 Å². The first-order valence-corrected chi connectivity index (χ1v) is 10.8. The summed E-state index contributed by atoms with van der Waals surface area (Å²) in [6, 6.07) is 13.1. The van der Waals surface area contributed by atoms with Gasteiger partial charge in [0.25, 0.3) is 0 Å². The van der Waals surface area contributed by atoms with Crippen LogP contribution in [0.3, 0.4) is 0 Å². The van der Waals surface area contributed by atoms with E-state index in [1.165, 1.54) is 4.90 Å². The van der Waals surface area contributed by atoms with Crippen molar-refractivity contribution < 1.29 is 19.1 Å². The quantitative estimate of drug-likeness (QED) is 0.759. The summed E-state index contributed by atoms with van der Waals surface area (Å²) in [5.41, 5.74) is 1.42. The van der Waals surface area contributed by atoms with Crippen LogP contribution in [0.15, 0.2) is 48.5 Å². The predicted octanol–water partition coefficient (Wildman–Crippen LogP) is 4.46. The molecular weight excluding hydrogens is 418 g/mol. The highest BCUT2D eigenvalue weighted by Crippen LogP contribution is 2.26. The molecule has 2 aliphatic rings. The van der Waals surface area contributed by atoms with Crippen molar-refractivity contribution in [3.63, 3.8) is 0 Å². The average Bonchev–Trinajstić information content (AvgIpc) is 3.27. The molecule has 7 nitrogen and oxygen atoms in total. The van der Waals surface area contributed by atoms with Crippen molar-refractivity contribution in [3.8, 4) is 5.75 Å². The number of likely N-dealkylation sites (tertiary alicyclic amines) is 1. The zero-order chi connectivity index (χ0) is 21.8. The highest BCUT2D eigenvalue weighted by atomic mass is 35.5. The lowest BCUT2D eigenvalue weighted by atomic mass is 10.1. The SMILES string of the molecule is O=C(Nc1ccc(Cl)cc1)C1CCCN1C(=O)Oc1ccc(N2CCCCC2=O)cc1. The molecule has 3 amide bonds. The average molecular weight is 442 g/mol. The fraction of sp³-hybridized carbons (Fsp3) is 0.348. The Kier molecular flexibility index (Phi) is 6.42. The van der Waals surface area contributed by atoms with Crippen molar-refractivity contribution in [2.45, 2.75) is 38.1 Å². The molecule has 2 aliphatic heterocycles. The fourth-order valence-electron chi connectivity index (χ4n) is 3.95. The Morgan fingerprint density at radius 3 is 2.42 bits per heavy atom. The third kappa shape index (κ3) is 4.99. The third-order valence-corrected chi connectivity index (χ3v) is 5.83. The number of hydrogen-bond acceptors (Lipinski definition) is 4. The summed E-state index contributed by atoms with van der Waals surface area (Å²) < 4.78 is 5.50. The van der Waals surface area contributed by atoms with Crippen molar-refractivity contribution in [3.05, 3.63) is 53.6 Å². The molecule has 0 bridgehead atoms. The van der Waals surface area contributed by atoms with Crippen LogP contribution in [0.5, 0.6) is 5.75 Å². The highest BCUT2D eigenvalue weighted by Gasteiger charge is 2.35. The minimum atomic E-state index is -0.589. The molecule has 1 atom stereocenters. The molecule has 0 spiro atoms. The van der Waals surface area contributed by atoms with Crippen molar-refractivity contribution in [1.82, 2.24) is 4.90 Å². The number of hydrogen-bond donors (Lipinski definition) is 1. The van der Waals surface area contributed by atoms with E-state index in [0.717, 1.165) is 24.9 Å². The summed E-state index contributed by atoms with van der Waals surface area (Å²) >= 11 is 5.88. The molecule has 31 heavy (non-hydrogen) atoms. The first-order chi connectivity index (χ1) is 15.0. The van der Waals surface area contributed by atoms with Gasteiger partial charge in [0.15, 0.2) is 0 Å². The summed E-state index contributed by atoms with van der Waals surface area (Å²) in [6.45, 7) is 1.16. The number of nitrogens with zero attached hydrogens (tertiary/aromatic N) is 2. The molecule has 2 fully saturated rings. The number of benzene rings is 2. The summed E-state index contributed by atoms with van der Waals surface area (Å²) in [4.78, 5) is 40.7. The zero-order valence-corrected chi connectivity index (χ0v) is 17.8. The minimum absolute atomic E-state index is 0.114. The Bertz CT molecular complexity index is 962. The molecular formula is C23H24ClN3O4. The normalized spacial score (nSPS) is 18.7. The van der Waals surface area contributed by atoms with E-state index in [2.05, 4.69) is 5.32 Å². The van der Waals surface area contributed by atoms with Crippen LogP contribution in [0, 0.1) is 0 Å². The van der Waals surface area contributed by atoms with E-state index in [1.54, 1.807) is 53.4 Å². The lowest BCUT2D eigenvalue weighted by Gasteiger charge is -2.27. The lowest BCUT2D eigenvalue weighted by Crippen LogP contribution is -2.44. The number of piperidine rings is 1. The molecule has 2 saturated heterocycles. The molecule has 2 aromatic rings. The monoisotopic (exact) mass is 441 g/mol. The second kappa shape index (κ2) is 9.39. The fourth-order valence-corrected chi connectivity index (χ4v) is 4.08. The van der Waals surface area contributed by atoms with Crippen molar-refractivity contribution >= 4 is 40.9 Å². The largest absolute Gasteiger partial charge is 0.415 e. The van der Waals surface area contributed by atoms with Gasteiger partial charge in [-0.15, -0.1) is 0 Å². The van der Waals surface area contributed by atoms with Gasteiger partial charge in [0, 0.05) is 35.9 Å². The molecule has 0 aromatic heterocycles. The molecule has 162 valence electrons. The first kappa shape index (κ1) is 21.2. The molecule has 2 aromatic carbocycles. The molecule has 2 heterocycles. The lowest BCUT2D eigenvalue weighted by molar-refractivity contribution is -0.120. The van der Waals surface area contributed by atoms with Gasteiger partial charge in [-0.3, -0.25) is 14.5 Å². The Labute approximate surface area is 185 Å². The number of carbonyl (C=O) groups excluding carboxylic acids is 3. The van der Waals surface area contributed by atoms with Crippen molar-refractivity contribution in [2.75, 3.05) is 23.3 Å². The minimum Gasteiger partial charge on any atom is -0.410 e. The second-order valence-corrected chi connectivity index (χ2v) is 8.15. The van der Waals surface area contributed by atoms with Gasteiger partial charge in [0.1, 0.15) is 11.8 Å². The van der Waals surface area contributed by atoms with Crippen LogP contribution in [0.25, 0.3) is 0 Å². The number of rotatable bonds is 4. The van der Waals surface area contributed by atoms with Crippen LogP contribution >= 0.6 is 11.6 Å². The van der Waals surface area contributed by atoms with Crippen LogP contribution < -0.4 is 15.0 Å². The predicted molar refractivity (Wildman–Crippen MR) is 118 cm³/mol. The Hall–Kier alpha value is -3.06. The van der Waals surface area contributed by atoms with Crippen molar-refractivity contribution in [1.29, 1.82) is 0 Å². The summed E-state index contributed by atoms with van der Waals surface area (Å²) in [5.74, 6) is 0.236. The van der Waals surface area contributed by atoms with Crippen LogP contribution in [-0.4, -0.2) is 41.9 Å². The summed E-state index contributed by atoms with van der Waals surface area (Å²) in [6.07, 6.45) is 3.21. The zero-order valence-electron chi connectivity index (χ0n) is 17.1. The smallest absolute Gasteiger partial charge is 0.410 e. The van der Waals surface area contributed by atoms with Gasteiger partial charge in [-0.05, 0) is 74.2 Å². The van der Waals surface area contributed by atoms with Gasteiger partial charge < -0.3 is 15.0 Å². The summed E-state index contributed by atoms with van der Waals surface area (Å²) in [7, 11) is 0. The summed E-state index contributed by atoms with van der Waals surface area (Å²) in [5, 5.41) is 3.41. The van der Waals surface area contributed by atoms with Gasteiger partial charge >= 0.3 is 6.09 Å². The van der Waals surface area contributed by atoms with Crippen LogP contribution in [0.4, 0.5) is 16.2 Å². The molecule has 1 N–H and O–H groups in total. The Morgan fingerprint density at radius 2 is 1.71 bits per heavy atom. The standard InChI is InChI=1S/C23H24ClN3O4/c24-16-6-8-17(9-7-16)25-22(29)20-4-3-15-27(20)23(30)31-19-12-10-18(11-13-19)26-14-2-1-5-21(26)28/h6-13,20H,1-5,14-15H2,(H,25,29). The maximum absolute atomic E-state index is 12.7. The number of halogens is 1. The second-order valence-electron chi connectivity index (χ2n) is 7.71. The Morgan fingerprint density at radius 1 is 0.968 bits per heavy atom. The molecule has 4 rings (SSSR count). The first-order valence-electron chi connectivity index (χ1n) is 10.5. The molecule has 1 unspecified atom stereocenters. The maximum atomic E-state index is 12.7. The number of amides is 3. The number of carbonyl (C=O) groups is 3. The third-order valence-electron chi connectivity index (χ3n) is 5.58. The highest BCUT2D eigenvalue weighted by molar-refractivity contribution is 6.30. The van der Waals surface area contributed by atoms with E-state index in [-0.39, 0.29) is 11.8 Å². The van der Waals surface area contributed by atoms with Crippen LogP contribution in [0.2, 0.25) is 5.02 Å². The molecule has 0 saturated carbocycles. The van der Waals surface area contributed by atoms with E-state index < -0.39 is 12.1 Å². The van der Waals surface area contributed by atoms with Gasteiger partial charge in [-0.25, -0.2) is 4.79 Å². The van der Waals surface area contributed by atoms with E-state index in [1.807, 2.05) is 0 Å². The Balaban J connectivity index is 1.37. The number of ether oxygens (including phenoxy) is 1. The van der Waals surface area contributed by atoms with Gasteiger partial charge in [-0.2, -0.15) is 0 Å². The molecule has 8 heteroatoms. The maximum Gasteiger partial charge on any atom is 0.415 e. The van der Waals surface area contributed by atoms with E-state index in [0.29, 0.717) is 42.4 Å². The molecule has 0 radical (unpaired) electrons. The molecule has 0 aliphatic carbocycles. The van der Waals surface area contributed by atoms with Crippen LogP contribution in [0.1, 0.15) is 32.1 Å². The van der Waals surface area contributed by atoms with Gasteiger partial charge in [0.2, 0.25) is 11.8 Å². The van der Waals surface area contributed by atoms with E-state index in [4.69, 9.17) is 16.3 Å². The van der Waals surface area contributed by atoms with Crippen molar-refractivity contribution in [2.24, 2.45) is 0 Å². The van der Waals surface area contributed by atoms with Gasteiger partial charge in [-0.1, -0.05) is 11.6 Å². The number of nitrogens with one attached hydrogen (secondary N) is 1. The van der Waals surface area contributed by atoms with E-state index >= 15 is 0 Å². The number of anilines is 2. The van der Waals surface area contributed by atoms with E-state index in [9.17, 15) is 14.4 Å². The van der Waals surface area contributed by atoms with Gasteiger partial charge in [0.05, 0.1) is 0 Å².